The minimum Gasteiger partial charge on any atom is -0.493 e. The summed E-state index contributed by atoms with van der Waals surface area (Å²) < 4.78 is 12.1. The van der Waals surface area contributed by atoms with Crippen molar-refractivity contribution >= 4 is 11.6 Å². The highest BCUT2D eigenvalue weighted by Crippen LogP contribution is 2.43. The van der Waals surface area contributed by atoms with Gasteiger partial charge in [-0.2, -0.15) is 0 Å². The summed E-state index contributed by atoms with van der Waals surface area (Å²) in [6.07, 6.45) is 4.08. The Morgan fingerprint density at radius 3 is 2.15 bits per heavy atom. The van der Waals surface area contributed by atoms with Crippen LogP contribution in [-0.2, 0) is 4.79 Å². The van der Waals surface area contributed by atoms with E-state index in [0.29, 0.717) is 13.2 Å². The topological polar surface area (TPSA) is 64.8 Å². The van der Waals surface area contributed by atoms with Crippen LogP contribution >= 0.6 is 0 Å². The van der Waals surface area contributed by atoms with Gasteiger partial charge in [0.2, 0.25) is 5.91 Å². The van der Waals surface area contributed by atoms with Gasteiger partial charge >= 0.3 is 0 Å². The molecule has 1 amide bonds. The zero-order chi connectivity index (χ0) is 23.9. The van der Waals surface area contributed by atoms with Crippen LogP contribution < -0.4 is 20.1 Å². The standard InChI is InChI=1S/C29H34N2O3/c1-3-5-18-33-24-16-17-25(26(20-24)34-19-6-4-2)28-27(30)29(32)31(28)23-14-12-22(13-15-23)21-10-8-7-9-11-21/h7-17,20,27-28H,3-6,18-19,30H2,1-2H3/t27-,28-/m1/s1. The lowest BCUT2D eigenvalue weighted by molar-refractivity contribution is -0.126. The second kappa shape index (κ2) is 11.2. The van der Waals surface area contributed by atoms with E-state index < -0.39 is 6.04 Å². The molecule has 4 rings (SSSR count). The summed E-state index contributed by atoms with van der Waals surface area (Å²) in [5.74, 6) is 1.43. The van der Waals surface area contributed by atoms with Gasteiger partial charge in [-0.25, -0.2) is 0 Å². The van der Waals surface area contributed by atoms with Crippen molar-refractivity contribution in [2.45, 2.75) is 51.6 Å². The van der Waals surface area contributed by atoms with E-state index in [-0.39, 0.29) is 11.9 Å². The van der Waals surface area contributed by atoms with Crippen LogP contribution in [0.2, 0.25) is 0 Å². The Labute approximate surface area is 202 Å². The van der Waals surface area contributed by atoms with Crippen molar-refractivity contribution in [1.82, 2.24) is 0 Å². The number of hydrogen-bond acceptors (Lipinski definition) is 4. The van der Waals surface area contributed by atoms with Gasteiger partial charge < -0.3 is 20.1 Å². The van der Waals surface area contributed by atoms with Crippen LogP contribution in [0.1, 0.15) is 51.1 Å². The second-order valence-corrected chi connectivity index (χ2v) is 8.70. The molecule has 1 saturated heterocycles. The molecule has 1 heterocycles. The Bertz CT molecular complexity index is 1080. The molecule has 1 aliphatic rings. The molecule has 0 radical (unpaired) electrons. The molecular weight excluding hydrogens is 424 g/mol. The van der Waals surface area contributed by atoms with Crippen molar-refractivity contribution in [3.8, 4) is 22.6 Å². The largest absolute Gasteiger partial charge is 0.493 e. The number of rotatable bonds is 11. The Morgan fingerprint density at radius 2 is 1.47 bits per heavy atom. The van der Waals surface area contributed by atoms with Crippen LogP contribution in [0.5, 0.6) is 11.5 Å². The third kappa shape index (κ3) is 5.10. The van der Waals surface area contributed by atoms with Crippen molar-refractivity contribution in [3.05, 3.63) is 78.4 Å². The van der Waals surface area contributed by atoms with Crippen LogP contribution in [-0.4, -0.2) is 25.2 Å². The fraction of sp³-hybridized carbons (Fsp3) is 0.345. The van der Waals surface area contributed by atoms with E-state index >= 15 is 0 Å². The third-order valence-corrected chi connectivity index (χ3v) is 6.22. The summed E-state index contributed by atoms with van der Waals surface area (Å²) >= 11 is 0. The number of benzene rings is 3. The first-order valence-corrected chi connectivity index (χ1v) is 12.3. The fourth-order valence-electron chi connectivity index (χ4n) is 4.21. The van der Waals surface area contributed by atoms with Gasteiger partial charge in [0.15, 0.2) is 0 Å². The molecule has 2 N–H and O–H groups in total. The molecular formula is C29H34N2O3. The molecule has 2 atom stereocenters. The molecule has 3 aromatic carbocycles. The molecule has 5 heteroatoms. The first kappa shape index (κ1) is 23.8. The molecule has 34 heavy (non-hydrogen) atoms. The van der Waals surface area contributed by atoms with Gasteiger partial charge in [-0.05, 0) is 48.2 Å². The van der Waals surface area contributed by atoms with E-state index in [1.165, 1.54) is 0 Å². The van der Waals surface area contributed by atoms with E-state index in [4.69, 9.17) is 15.2 Å². The maximum absolute atomic E-state index is 12.8. The fourth-order valence-corrected chi connectivity index (χ4v) is 4.21. The minimum absolute atomic E-state index is 0.0831. The maximum Gasteiger partial charge on any atom is 0.247 e. The average molecular weight is 459 g/mol. The van der Waals surface area contributed by atoms with Gasteiger partial charge in [0.25, 0.3) is 0 Å². The highest BCUT2D eigenvalue weighted by Gasteiger charge is 2.47. The number of ether oxygens (including phenoxy) is 2. The summed E-state index contributed by atoms with van der Waals surface area (Å²) in [7, 11) is 0. The lowest BCUT2D eigenvalue weighted by Gasteiger charge is -2.46. The molecule has 3 aromatic rings. The molecule has 0 aromatic heterocycles. The summed E-state index contributed by atoms with van der Waals surface area (Å²) in [4.78, 5) is 14.6. The van der Waals surface area contributed by atoms with Gasteiger partial charge in [-0.3, -0.25) is 4.79 Å². The quantitative estimate of drug-likeness (QED) is 0.277. The molecule has 5 nitrogen and oxygen atoms in total. The number of β-lactam (4-membered cyclic amide) rings is 1. The Balaban J connectivity index is 1.60. The predicted molar refractivity (Wildman–Crippen MR) is 137 cm³/mol. The smallest absolute Gasteiger partial charge is 0.247 e. The number of hydrogen-bond donors (Lipinski definition) is 1. The highest BCUT2D eigenvalue weighted by molar-refractivity contribution is 6.06. The zero-order valence-corrected chi connectivity index (χ0v) is 20.1. The second-order valence-electron chi connectivity index (χ2n) is 8.70. The lowest BCUT2D eigenvalue weighted by atomic mass is 9.87. The van der Waals surface area contributed by atoms with Crippen molar-refractivity contribution in [3.63, 3.8) is 0 Å². The number of nitrogens with two attached hydrogens (primary N) is 1. The van der Waals surface area contributed by atoms with Crippen LogP contribution in [0.3, 0.4) is 0 Å². The summed E-state index contributed by atoms with van der Waals surface area (Å²) in [6.45, 7) is 5.56. The summed E-state index contributed by atoms with van der Waals surface area (Å²) in [5.41, 5.74) is 10.3. The van der Waals surface area contributed by atoms with Crippen LogP contribution in [0.15, 0.2) is 72.8 Å². The third-order valence-electron chi connectivity index (χ3n) is 6.22. The number of anilines is 1. The minimum atomic E-state index is -0.603. The van der Waals surface area contributed by atoms with Crippen LogP contribution in [0.25, 0.3) is 11.1 Å². The first-order valence-electron chi connectivity index (χ1n) is 12.3. The van der Waals surface area contributed by atoms with Crippen LogP contribution in [0, 0.1) is 0 Å². The molecule has 0 saturated carbocycles. The number of unbranched alkanes of at least 4 members (excludes halogenated alkanes) is 2. The SMILES string of the molecule is CCCCOc1ccc([C@@H]2[C@@H](N)C(=O)N2c2ccc(-c3ccccc3)cc2)c(OCCCC)c1. The van der Waals surface area contributed by atoms with E-state index in [1.54, 1.807) is 4.90 Å². The van der Waals surface area contributed by atoms with Crippen LogP contribution in [0.4, 0.5) is 5.69 Å². The maximum atomic E-state index is 12.8. The molecule has 0 spiro atoms. The van der Waals surface area contributed by atoms with Crippen molar-refractivity contribution in [1.29, 1.82) is 0 Å². The van der Waals surface area contributed by atoms with E-state index in [0.717, 1.165) is 59.6 Å². The van der Waals surface area contributed by atoms with E-state index in [2.05, 4.69) is 26.0 Å². The summed E-state index contributed by atoms with van der Waals surface area (Å²) in [5, 5.41) is 0. The van der Waals surface area contributed by atoms with Gasteiger partial charge in [0, 0.05) is 17.3 Å². The number of nitrogens with zero attached hydrogens (tertiary/aromatic N) is 1. The number of carbonyl (C=O) groups excluding carboxylic acids is 1. The van der Waals surface area contributed by atoms with E-state index in [9.17, 15) is 4.79 Å². The van der Waals surface area contributed by atoms with Crippen molar-refractivity contribution < 1.29 is 14.3 Å². The van der Waals surface area contributed by atoms with Crippen molar-refractivity contribution in [2.75, 3.05) is 18.1 Å². The summed E-state index contributed by atoms with van der Waals surface area (Å²) in [6, 6.07) is 23.2. The Hall–Kier alpha value is -3.31. The lowest BCUT2D eigenvalue weighted by Crippen LogP contribution is -2.63. The molecule has 0 aliphatic carbocycles. The van der Waals surface area contributed by atoms with Crippen molar-refractivity contribution in [2.24, 2.45) is 5.73 Å². The average Bonchev–Trinajstić information content (AvgIpc) is 2.88. The number of amides is 1. The number of carbonyl (C=O) groups is 1. The molecule has 178 valence electrons. The van der Waals surface area contributed by atoms with Gasteiger partial charge in [-0.1, -0.05) is 69.2 Å². The van der Waals surface area contributed by atoms with Gasteiger partial charge in [-0.15, -0.1) is 0 Å². The molecule has 0 unspecified atom stereocenters. The molecule has 1 aliphatic heterocycles. The van der Waals surface area contributed by atoms with E-state index in [1.807, 2.05) is 60.7 Å². The molecule has 1 fully saturated rings. The van der Waals surface area contributed by atoms with Gasteiger partial charge in [0.1, 0.15) is 17.5 Å². The Morgan fingerprint density at radius 1 is 0.824 bits per heavy atom. The normalized spacial score (nSPS) is 17.4. The van der Waals surface area contributed by atoms with Gasteiger partial charge in [0.05, 0.1) is 19.3 Å². The zero-order valence-electron chi connectivity index (χ0n) is 20.1. The first-order chi connectivity index (χ1) is 16.6. The molecule has 0 bridgehead atoms. The Kier molecular flexibility index (Phi) is 7.86. The highest BCUT2D eigenvalue weighted by atomic mass is 16.5. The monoisotopic (exact) mass is 458 g/mol. The predicted octanol–water partition coefficient (Wildman–Crippen LogP) is 6.13.